The summed E-state index contributed by atoms with van der Waals surface area (Å²) in [6, 6.07) is 0. The summed E-state index contributed by atoms with van der Waals surface area (Å²) >= 11 is 0. The van der Waals surface area contributed by atoms with Crippen molar-refractivity contribution >= 4 is 11.7 Å². The van der Waals surface area contributed by atoms with E-state index >= 15 is 0 Å². The van der Waals surface area contributed by atoms with Gasteiger partial charge in [0.25, 0.3) is 0 Å². The van der Waals surface area contributed by atoms with Crippen LogP contribution in [0.15, 0.2) is 5.16 Å². The van der Waals surface area contributed by atoms with Crippen molar-refractivity contribution < 1.29 is 10.0 Å². The molecule has 0 unspecified atom stereocenters. The van der Waals surface area contributed by atoms with Crippen LogP contribution in [0.25, 0.3) is 0 Å². The number of nitrogens with zero attached hydrogens (tertiary/aromatic N) is 1. The number of rotatable bonds is 5. The van der Waals surface area contributed by atoms with E-state index in [2.05, 4.69) is 31.2 Å². The number of amides is 1. The first-order valence-electron chi connectivity index (χ1n) is 5.43. The van der Waals surface area contributed by atoms with E-state index < -0.39 is 5.41 Å². The summed E-state index contributed by atoms with van der Waals surface area (Å²) in [5.41, 5.74) is 4.53. The van der Waals surface area contributed by atoms with Crippen LogP contribution < -0.4 is 11.1 Å². The highest BCUT2D eigenvalue weighted by Gasteiger charge is 2.33. The van der Waals surface area contributed by atoms with Crippen LogP contribution in [0.1, 0.15) is 41.0 Å². The molecule has 5 heteroatoms. The Morgan fingerprint density at radius 1 is 1.38 bits per heavy atom. The van der Waals surface area contributed by atoms with Gasteiger partial charge in [-0.05, 0) is 25.7 Å². The van der Waals surface area contributed by atoms with Crippen LogP contribution in [0.5, 0.6) is 0 Å². The number of hydrogen-bond donors (Lipinski definition) is 3. The molecular weight excluding hydrogens is 206 g/mol. The maximum Gasteiger partial charge on any atom is 0.233 e. The molecule has 16 heavy (non-hydrogen) atoms. The van der Waals surface area contributed by atoms with Crippen LogP contribution in [0, 0.1) is 10.8 Å². The molecule has 5 nitrogen and oxygen atoms in total. The first kappa shape index (κ1) is 14.7. The van der Waals surface area contributed by atoms with E-state index in [1.54, 1.807) is 13.8 Å². The Balaban J connectivity index is 4.49. The van der Waals surface area contributed by atoms with Gasteiger partial charge in [0.05, 0.1) is 0 Å². The third-order valence-electron chi connectivity index (χ3n) is 3.00. The molecule has 1 amide bonds. The third kappa shape index (κ3) is 3.72. The lowest BCUT2D eigenvalue weighted by Crippen LogP contribution is -2.48. The molecule has 0 saturated heterocycles. The zero-order valence-electron chi connectivity index (χ0n) is 10.8. The summed E-state index contributed by atoms with van der Waals surface area (Å²) in [5, 5.41) is 14.3. The lowest BCUT2D eigenvalue weighted by atomic mass is 9.87. The Kier molecular flexibility index (Phi) is 4.78. The monoisotopic (exact) mass is 229 g/mol. The van der Waals surface area contributed by atoms with Gasteiger partial charge in [-0.3, -0.25) is 4.79 Å². The number of carbonyl (C=O) groups excluding carboxylic acids is 1. The summed E-state index contributed by atoms with van der Waals surface area (Å²) in [4.78, 5) is 11.8. The topological polar surface area (TPSA) is 87.7 Å². The van der Waals surface area contributed by atoms with Gasteiger partial charge in [-0.2, -0.15) is 0 Å². The second-order valence-corrected chi connectivity index (χ2v) is 5.31. The largest absolute Gasteiger partial charge is 0.409 e. The van der Waals surface area contributed by atoms with Gasteiger partial charge >= 0.3 is 0 Å². The van der Waals surface area contributed by atoms with Gasteiger partial charge < -0.3 is 16.3 Å². The van der Waals surface area contributed by atoms with Gasteiger partial charge in [-0.1, -0.05) is 25.9 Å². The van der Waals surface area contributed by atoms with Crippen LogP contribution >= 0.6 is 0 Å². The fraction of sp³-hybridized carbons (Fsp3) is 0.818. The van der Waals surface area contributed by atoms with Crippen molar-refractivity contribution in [2.24, 2.45) is 21.7 Å². The summed E-state index contributed by atoms with van der Waals surface area (Å²) in [6.07, 6.45) is 0.970. The van der Waals surface area contributed by atoms with E-state index in [1.807, 2.05) is 0 Å². The van der Waals surface area contributed by atoms with Gasteiger partial charge in [-0.15, -0.1) is 0 Å². The zero-order valence-corrected chi connectivity index (χ0v) is 10.8. The van der Waals surface area contributed by atoms with Gasteiger partial charge in [0.15, 0.2) is 5.84 Å². The highest BCUT2D eigenvalue weighted by atomic mass is 16.4. The standard InChI is InChI=1S/C11H23N3O2/c1-6-10(2,3)7-13-9(15)11(4,5)8(12)14-16/h16H,6-7H2,1-5H3,(H2,12,14)(H,13,15). The molecular formula is C11H23N3O2. The molecule has 0 radical (unpaired) electrons. The van der Waals surface area contributed by atoms with Crippen LogP contribution in [0.2, 0.25) is 0 Å². The summed E-state index contributed by atoms with van der Waals surface area (Å²) in [6.45, 7) is 10.0. The van der Waals surface area contributed by atoms with Crippen LogP contribution in [0.3, 0.4) is 0 Å². The van der Waals surface area contributed by atoms with Crippen LogP contribution in [-0.4, -0.2) is 23.5 Å². The van der Waals surface area contributed by atoms with Crippen molar-refractivity contribution in [3.63, 3.8) is 0 Å². The van der Waals surface area contributed by atoms with Crippen molar-refractivity contribution in [1.82, 2.24) is 5.32 Å². The van der Waals surface area contributed by atoms with Crippen molar-refractivity contribution in [3.05, 3.63) is 0 Å². The molecule has 0 aliphatic heterocycles. The first-order chi connectivity index (χ1) is 7.17. The number of nitrogens with one attached hydrogen (secondary N) is 1. The first-order valence-corrected chi connectivity index (χ1v) is 5.43. The molecule has 0 aromatic carbocycles. The Morgan fingerprint density at radius 2 is 1.88 bits per heavy atom. The SMILES string of the molecule is CCC(C)(C)CNC(=O)C(C)(C)C(N)=NO. The average Bonchev–Trinajstić information content (AvgIpc) is 2.24. The van der Waals surface area contributed by atoms with Crippen LogP contribution in [0.4, 0.5) is 0 Å². The van der Waals surface area contributed by atoms with E-state index in [4.69, 9.17) is 10.9 Å². The Hall–Kier alpha value is -1.26. The number of hydrogen-bond acceptors (Lipinski definition) is 3. The normalized spacial score (nSPS) is 13.7. The van der Waals surface area contributed by atoms with Crippen molar-refractivity contribution in [2.75, 3.05) is 6.54 Å². The molecule has 0 saturated carbocycles. The summed E-state index contributed by atoms with van der Waals surface area (Å²) in [5.74, 6) is -0.316. The van der Waals surface area contributed by atoms with Gasteiger partial charge in [-0.25, -0.2) is 0 Å². The Labute approximate surface area is 97.1 Å². The van der Waals surface area contributed by atoms with Crippen molar-refractivity contribution in [1.29, 1.82) is 0 Å². The maximum atomic E-state index is 11.8. The Morgan fingerprint density at radius 3 is 2.25 bits per heavy atom. The second kappa shape index (κ2) is 5.18. The Bertz CT molecular complexity index is 283. The van der Waals surface area contributed by atoms with Gasteiger partial charge in [0.1, 0.15) is 5.41 Å². The fourth-order valence-corrected chi connectivity index (χ4v) is 0.907. The fourth-order valence-electron chi connectivity index (χ4n) is 0.907. The maximum absolute atomic E-state index is 11.8. The highest BCUT2D eigenvalue weighted by molar-refractivity contribution is 6.05. The van der Waals surface area contributed by atoms with E-state index in [1.165, 1.54) is 0 Å². The molecule has 0 bridgehead atoms. The smallest absolute Gasteiger partial charge is 0.233 e. The molecule has 0 aliphatic rings. The molecule has 0 aromatic heterocycles. The molecule has 0 spiro atoms. The van der Waals surface area contributed by atoms with Gasteiger partial charge in [0, 0.05) is 6.54 Å². The number of oxime groups is 1. The van der Waals surface area contributed by atoms with Crippen molar-refractivity contribution in [3.8, 4) is 0 Å². The minimum Gasteiger partial charge on any atom is -0.409 e. The molecule has 0 heterocycles. The predicted octanol–water partition coefficient (Wildman–Crippen LogP) is 1.31. The minimum absolute atomic E-state index is 0.0524. The lowest BCUT2D eigenvalue weighted by Gasteiger charge is -2.27. The molecule has 0 rings (SSSR count). The van der Waals surface area contributed by atoms with Crippen molar-refractivity contribution in [2.45, 2.75) is 41.0 Å². The average molecular weight is 229 g/mol. The predicted molar refractivity (Wildman–Crippen MR) is 64.3 cm³/mol. The van der Waals surface area contributed by atoms with E-state index in [9.17, 15) is 4.79 Å². The van der Waals surface area contributed by atoms with E-state index in [0.717, 1.165) is 6.42 Å². The summed E-state index contributed by atoms with van der Waals surface area (Å²) < 4.78 is 0. The minimum atomic E-state index is -0.988. The van der Waals surface area contributed by atoms with E-state index in [0.29, 0.717) is 6.54 Å². The van der Waals surface area contributed by atoms with E-state index in [-0.39, 0.29) is 17.2 Å². The highest BCUT2D eigenvalue weighted by Crippen LogP contribution is 2.20. The number of carbonyl (C=O) groups is 1. The van der Waals surface area contributed by atoms with Gasteiger partial charge in [0.2, 0.25) is 5.91 Å². The molecule has 0 fully saturated rings. The molecule has 4 N–H and O–H groups in total. The molecule has 0 aromatic rings. The number of nitrogens with two attached hydrogens (primary N) is 1. The molecule has 0 aliphatic carbocycles. The molecule has 0 atom stereocenters. The third-order valence-corrected chi connectivity index (χ3v) is 3.00. The lowest BCUT2D eigenvalue weighted by molar-refractivity contribution is -0.126. The van der Waals surface area contributed by atoms with Crippen LogP contribution in [-0.2, 0) is 4.79 Å². The number of amidine groups is 1. The molecule has 94 valence electrons. The summed E-state index contributed by atoms with van der Waals surface area (Å²) in [7, 11) is 0. The zero-order chi connectivity index (χ0) is 13.0. The quantitative estimate of drug-likeness (QED) is 0.287. The second-order valence-electron chi connectivity index (χ2n) is 5.31.